The summed E-state index contributed by atoms with van der Waals surface area (Å²) in [4.78, 5) is 45.2. The van der Waals surface area contributed by atoms with Gasteiger partial charge in [0.1, 0.15) is 30.5 Å². The van der Waals surface area contributed by atoms with Crippen molar-refractivity contribution in [1.29, 1.82) is 0 Å². The Balaban J connectivity index is 1.26. The van der Waals surface area contributed by atoms with Gasteiger partial charge in [-0.15, -0.1) is 11.3 Å². The van der Waals surface area contributed by atoms with E-state index in [9.17, 15) is 14.4 Å². The van der Waals surface area contributed by atoms with E-state index in [0.29, 0.717) is 42.9 Å². The Morgan fingerprint density at radius 1 is 0.917 bits per heavy atom. The topological polar surface area (TPSA) is 87.7 Å². The maximum absolute atomic E-state index is 14.8. The molecule has 244 valence electrons. The Bertz CT molecular complexity index is 1930. The van der Waals surface area contributed by atoms with E-state index in [0.717, 1.165) is 15.6 Å². The zero-order chi connectivity index (χ0) is 33.2. The predicted octanol–water partition coefficient (Wildman–Crippen LogP) is 7.32. The first-order chi connectivity index (χ1) is 23.4. The van der Waals surface area contributed by atoms with Gasteiger partial charge in [0.05, 0.1) is 5.69 Å². The van der Waals surface area contributed by atoms with Gasteiger partial charge in [0, 0.05) is 4.70 Å². The molecule has 1 aliphatic heterocycles. The summed E-state index contributed by atoms with van der Waals surface area (Å²) in [6.45, 7) is 4.39. The molecule has 2 N–H and O–H groups in total. The number of rotatable bonds is 10. The number of carbonyl (C=O) groups is 3. The van der Waals surface area contributed by atoms with Crippen molar-refractivity contribution in [3.63, 3.8) is 0 Å². The van der Waals surface area contributed by atoms with Gasteiger partial charge >= 0.3 is 0 Å². The second-order valence-electron chi connectivity index (χ2n) is 13.2. The van der Waals surface area contributed by atoms with Crippen LogP contribution < -0.4 is 15.4 Å². The molecule has 0 spiro atoms. The van der Waals surface area contributed by atoms with Crippen LogP contribution in [-0.2, 0) is 33.8 Å². The zero-order valence-corrected chi connectivity index (χ0v) is 27.9. The first kappa shape index (κ1) is 31.6. The maximum Gasteiger partial charge on any atom is 0.251 e. The summed E-state index contributed by atoms with van der Waals surface area (Å²) in [5, 5.41) is 9.21. The molecular formula is C40H39N3O4S. The van der Waals surface area contributed by atoms with Crippen molar-refractivity contribution in [3.05, 3.63) is 131 Å². The third-order valence-corrected chi connectivity index (χ3v) is 10.3. The predicted molar refractivity (Wildman–Crippen MR) is 190 cm³/mol. The van der Waals surface area contributed by atoms with Crippen molar-refractivity contribution in [3.8, 4) is 5.75 Å². The standard InChI is InChI=1S/C40H39N3O4S/c1-25(2)20-33-38(44)42-36(31-21-27-12-6-7-13-28(27)22-31)40(46)43(33)37(30-16-17-35-29(23-30)18-19-48-35)39(45)41-32-14-8-9-15-34(32)47-24-26-10-4-3-5-11-26/h3-19,23,25,31,33,36-37H,20-22,24H2,1-2H3,(H,41,45)(H,42,44)/t33-,36-,37?/m1/s1. The number of anilines is 1. The first-order valence-electron chi connectivity index (χ1n) is 16.6. The summed E-state index contributed by atoms with van der Waals surface area (Å²) in [5.74, 6) is -0.312. The van der Waals surface area contributed by atoms with Gasteiger partial charge in [-0.1, -0.05) is 86.6 Å². The SMILES string of the molecule is CC(C)C[C@@H]1C(=O)N[C@H](C2Cc3ccccc3C2)C(=O)N1C(C(=O)Nc1ccccc1OCc1ccccc1)c1ccc2sccc2c1. The second-order valence-corrected chi connectivity index (χ2v) is 14.1. The molecular weight excluding hydrogens is 619 g/mol. The van der Waals surface area contributed by atoms with Crippen molar-refractivity contribution in [2.75, 3.05) is 5.32 Å². The Hall–Kier alpha value is -4.95. The largest absolute Gasteiger partial charge is 0.487 e. The average Bonchev–Trinajstić information content (AvgIpc) is 3.74. The molecule has 1 saturated heterocycles. The minimum Gasteiger partial charge on any atom is -0.487 e. The highest BCUT2D eigenvalue weighted by Gasteiger charge is 2.49. The fourth-order valence-corrected chi connectivity index (χ4v) is 7.87. The van der Waals surface area contributed by atoms with E-state index in [-0.39, 0.29) is 23.7 Å². The molecule has 1 fully saturated rings. The minimum atomic E-state index is -1.05. The van der Waals surface area contributed by atoms with Crippen molar-refractivity contribution in [1.82, 2.24) is 10.2 Å². The van der Waals surface area contributed by atoms with Crippen LogP contribution in [-0.4, -0.2) is 34.7 Å². The third-order valence-electron chi connectivity index (χ3n) is 9.41. The van der Waals surface area contributed by atoms with Crippen molar-refractivity contribution < 1.29 is 19.1 Å². The van der Waals surface area contributed by atoms with E-state index < -0.39 is 24.0 Å². The number of nitrogens with one attached hydrogen (secondary N) is 2. The number of benzene rings is 4. The summed E-state index contributed by atoms with van der Waals surface area (Å²) in [6, 6.07) is 30.6. The zero-order valence-electron chi connectivity index (χ0n) is 27.1. The van der Waals surface area contributed by atoms with Gasteiger partial charge in [-0.05, 0) is 94.5 Å². The summed E-state index contributed by atoms with van der Waals surface area (Å²) in [7, 11) is 0. The number of nitrogens with zero attached hydrogens (tertiary/aromatic N) is 1. The molecule has 7 nitrogen and oxygen atoms in total. The number of fused-ring (bicyclic) bond motifs is 2. The number of hydrogen-bond acceptors (Lipinski definition) is 5. The fraction of sp³-hybridized carbons (Fsp3) is 0.275. The molecule has 1 unspecified atom stereocenters. The van der Waals surface area contributed by atoms with Crippen molar-refractivity contribution >= 4 is 44.8 Å². The molecule has 2 heterocycles. The molecule has 48 heavy (non-hydrogen) atoms. The number of hydrogen-bond donors (Lipinski definition) is 2. The molecule has 0 saturated carbocycles. The number of thiophene rings is 1. The number of para-hydroxylation sites is 2. The highest BCUT2D eigenvalue weighted by Crippen LogP contribution is 2.37. The van der Waals surface area contributed by atoms with Crippen LogP contribution >= 0.6 is 11.3 Å². The highest BCUT2D eigenvalue weighted by molar-refractivity contribution is 7.17. The van der Waals surface area contributed by atoms with Gasteiger partial charge < -0.3 is 20.3 Å². The summed E-state index contributed by atoms with van der Waals surface area (Å²) >= 11 is 1.62. The lowest BCUT2D eigenvalue weighted by Gasteiger charge is -2.44. The van der Waals surface area contributed by atoms with Crippen LogP contribution in [0.25, 0.3) is 10.1 Å². The molecule has 8 heteroatoms. The van der Waals surface area contributed by atoms with E-state index in [1.165, 1.54) is 11.1 Å². The minimum absolute atomic E-state index is 0.100. The summed E-state index contributed by atoms with van der Waals surface area (Å²) in [6.07, 6.45) is 1.81. The van der Waals surface area contributed by atoms with Crippen LogP contribution in [0, 0.1) is 11.8 Å². The van der Waals surface area contributed by atoms with E-state index >= 15 is 0 Å². The monoisotopic (exact) mass is 657 g/mol. The number of amides is 3. The van der Waals surface area contributed by atoms with E-state index in [2.05, 4.69) is 22.8 Å². The molecule has 5 aromatic rings. The molecule has 0 bridgehead atoms. The Morgan fingerprint density at radius 3 is 2.38 bits per heavy atom. The quantitative estimate of drug-likeness (QED) is 0.165. The number of piperazine rings is 1. The van der Waals surface area contributed by atoms with Gasteiger partial charge in [0.2, 0.25) is 11.8 Å². The molecule has 3 atom stereocenters. The van der Waals surface area contributed by atoms with Crippen molar-refractivity contribution in [2.45, 2.75) is 57.8 Å². The summed E-state index contributed by atoms with van der Waals surface area (Å²) in [5.41, 5.74) is 4.56. The Labute approximate surface area is 284 Å². The molecule has 1 aromatic heterocycles. The van der Waals surface area contributed by atoms with E-state index in [1.807, 2.05) is 104 Å². The molecule has 7 rings (SSSR count). The molecule has 3 amide bonds. The normalized spacial score (nSPS) is 18.5. The van der Waals surface area contributed by atoms with Gasteiger partial charge in [0.15, 0.2) is 0 Å². The van der Waals surface area contributed by atoms with Gasteiger partial charge in [-0.2, -0.15) is 0 Å². The smallest absolute Gasteiger partial charge is 0.251 e. The van der Waals surface area contributed by atoms with Crippen LogP contribution in [0.1, 0.15) is 48.6 Å². The maximum atomic E-state index is 14.8. The fourth-order valence-electron chi connectivity index (χ4n) is 7.10. The molecule has 0 radical (unpaired) electrons. The Morgan fingerprint density at radius 2 is 1.62 bits per heavy atom. The lowest BCUT2D eigenvalue weighted by molar-refractivity contribution is -0.157. The molecule has 1 aliphatic carbocycles. The van der Waals surface area contributed by atoms with Crippen LogP contribution in [0.15, 0.2) is 109 Å². The number of carbonyl (C=O) groups excluding carboxylic acids is 3. The summed E-state index contributed by atoms with van der Waals surface area (Å²) < 4.78 is 7.26. The molecule has 4 aromatic carbocycles. The lowest BCUT2D eigenvalue weighted by Crippen LogP contribution is -2.67. The van der Waals surface area contributed by atoms with Gasteiger partial charge in [0.25, 0.3) is 5.91 Å². The Kier molecular flexibility index (Phi) is 9.00. The van der Waals surface area contributed by atoms with E-state index in [4.69, 9.17) is 4.74 Å². The van der Waals surface area contributed by atoms with Gasteiger partial charge in [-0.3, -0.25) is 14.4 Å². The van der Waals surface area contributed by atoms with Gasteiger partial charge in [-0.25, -0.2) is 0 Å². The van der Waals surface area contributed by atoms with Crippen molar-refractivity contribution in [2.24, 2.45) is 11.8 Å². The van der Waals surface area contributed by atoms with E-state index in [1.54, 1.807) is 22.3 Å². The lowest BCUT2D eigenvalue weighted by atomic mass is 9.87. The van der Waals surface area contributed by atoms with Crippen LogP contribution in [0.4, 0.5) is 5.69 Å². The van der Waals surface area contributed by atoms with Crippen LogP contribution in [0.5, 0.6) is 5.75 Å². The first-order valence-corrected chi connectivity index (χ1v) is 17.5. The van der Waals surface area contributed by atoms with Crippen LogP contribution in [0.2, 0.25) is 0 Å². The average molecular weight is 658 g/mol. The highest BCUT2D eigenvalue weighted by atomic mass is 32.1. The number of ether oxygens (including phenoxy) is 1. The third kappa shape index (κ3) is 6.45. The molecule has 2 aliphatic rings. The van der Waals surface area contributed by atoms with Crippen LogP contribution in [0.3, 0.4) is 0 Å². The second kappa shape index (κ2) is 13.6.